The number of β-amino-alcohol motifs (C(OH)–C–C–N with tert-alkyl or cyclic N) is 1. The van der Waals surface area contributed by atoms with Crippen molar-refractivity contribution in [3.63, 3.8) is 0 Å². The van der Waals surface area contributed by atoms with Gasteiger partial charge in [-0.2, -0.15) is 0 Å². The Bertz CT molecular complexity index is 942. The average Bonchev–Trinajstić information content (AvgIpc) is 3.14. The lowest BCUT2D eigenvalue weighted by Gasteiger charge is -2.15. The third kappa shape index (κ3) is 5.43. The van der Waals surface area contributed by atoms with Crippen LogP contribution in [-0.4, -0.2) is 54.0 Å². The molecule has 29 heavy (non-hydrogen) atoms. The largest absolute Gasteiger partial charge is 0.481 e. The summed E-state index contributed by atoms with van der Waals surface area (Å²) in [6.45, 7) is 6.87. The summed E-state index contributed by atoms with van der Waals surface area (Å²) in [5.74, 6) is 1.09. The number of aliphatic hydroxyl groups is 1. The molecule has 3 rings (SSSR count). The van der Waals surface area contributed by atoms with Crippen LogP contribution in [0.3, 0.4) is 0 Å². The van der Waals surface area contributed by atoms with E-state index in [-0.39, 0.29) is 6.10 Å². The number of aliphatic hydroxyl groups excluding tert-OH is 1. The number of methoxy groups -OCH3 is 1. The minimum absolute atomic E-state index is 0.331. The third-order valence-corrected chi connectivity index (χ3v) is 4.94. The lowest BCUT2D eigenvalue weighted by atomic mass is 10.0. The average molecular weight is 413 g/mol. The molecule has 152 valence electrons. The number of guanidine groups is 1. The minimum atomic E-state index is -0.331. The van der Waals surface area contributed by atoms with Gasteiger partial charge in [-0.1, -0.05) is 29.3 Å². The third-order valence-electron chi connectivity index (χ3n) is 4.71. The topological polar surface area (TPSA) is 70.3 Å². The van der Waals surface area contributed by atoms with Gasteiger partial charge in [0.15, 0.2) is 0 Å². The first-order valence-electron chi connectivity index (χ1n) is 9.42. The lowest BCUT2D eigenvalue weighted by molar-refractivity contribution is 0.188. The Kier molecular flexibility index (Phi) is 7.01. The number of benzene rings is 1. The Balaban J connectivity index is 1.80. The molecule has 2 heterocycles. The first kappa shape index (κ1) is 21.0. The van der Waals surface area contributed by atoms with E-state index in [0.717, 1.165) is 35.2 Å². The normalized spacial score (nSPS) is 17.5. The van der Waals surface area contributed by atoms with Crippen molar-refractivity contribution >= 4 is 24.3 Å². The maximum atomic E-state index is 9.70. The molecule has 2 aromatic rings. The SMILES string of the molecule is C=NC(=N/C=C(\C)Cc1cnc(OC)c(-c2cccc(Cl)c2)c1)N1CCC(O)C1. The number of nitrogens with zero attached hydrogens (tertiary/aromatic N) is 4. The molecule has 0 aliphatic carbocycles. The van der Waals surface area contributed by atoms with Crippen LogP contribution in [0.1, 0.15) is 18.9 Å². The number of ether oxygens (including phenoxy) is 1. The van der Waals surface area contributed by atoms with Crippen molar-refractivity contribution in [2.24, 2.45) is 9.98 Å². The van der Waals surface area contributed by atoms with Crippen molar-refractivity contribution in [3.05, 3.63) is 58.9 Å². The molecule has 1 saturated heterocycles. The van der Waals surface area contributed by atoms with Gasteiger partial charge < -0.3 is 14.7 Å². The molecular weight excluding hydrogens is 388 g/mol. The fourth-order valence-corrected chi connectivity index (χ4v) is 3.49. The van der Waals surface area contributed by atoms with E-state index in [1.54, 1.807) is 19.5 Å². The van der Waals surface area contributed by atoms with Crippen molar-refractivity contribution < 1.29 is 9.84 Å². The highest BCUT2D eigenvalue weighted by Gasteiger charge is 2.22. The molecule has 1 aromatic carbocycles. The fourth-order valence-electron chi connectivity index (χ4n) is 3.30. The number of aromatic nitrogens is 1. The van der Waals surface area contributed by atoms with Crippen molar-refractivity contribution in [1.29, 1.82) is 0 Å². The number of hydrogen-bond acceptors (Lipinski definition) is 4. The summed E-state index contributed by atoms with van der Waals surface area (Å²) in [5, 5.41) is 10.4. The number of likely N-dealkylation sites (tertiary alicyclic amines) is 1. The second kappa shape index (κ2) is 9.67. The Morgan fingerprint density at radius 3 is 2.93 bits per heavy atom. The van der Waals surface area contributed by atoms with Gasteiger partial charge in [0.25, 0.3) is 0 Å². The highest BCUT2D eigenvalue weighted by atomic mass is 35.5. The molecule has 1 aromatic heterocycles. The number of hydrogen-bond donors (Lipinski definition) is 1. The minimum Gasteiger partial charge on any atom is -0.481 e. The summed E-state index contributed by atoms with van der Waals surface area (Å²) in [7, 11) is 1.61. The molecular formula is C22H25ClN4O2. The molecule has 1 aliphatic heterocycles. The van der Waals surface area contributed by atoms with Crippen LogP contribution in [0, 0.1) is 0 Å². The first-order valence-corrected chi connectivity index (χ1v) is 9.80. The van der Waals surface area contributed by atoms with Crippen LogP contribution in [0.15, 0.2) is 58.3 Å². The van der Waals surface area contributed by atoms with Crippen LogP contribution in [0.4, 0.5) is 0 Å². The molecule has 0 saturated carbocycles. The Hall–Kier alpha value is -2.70. The van der Waals surface area contributed by atoms with E-state index in [1.165, 1.54) is 0 Å². The number of pyridine rings is 1. The number of halogens is 1. The molecule has 0 amide bonds. The summed E-state index contributed by atoms with van der Waals surface area (Å²) in [5.41, 5.74) is 3.93. The van der Waals surface area contributed by atoms with Crippen molar-refractivity contribution in [2.75, 3.05) is 20.2 Å². The van der Waals surface area contributed by atoms with Gasteiger partial charge in [0.2, 0.25) is 11.8 Å². The number of rotatable bonds is 5. The Morgan fingerprint density at radius 2 is 2.28 bits per heavy atom. The summed E-state index contributed by atoms with van der Waals surface area (Å²) >= 11 is 6.14. The zero-order valence-corrected chi connectivity index (χ0v) is 17.4. The predicted molar refractivity (Wildman–Crippen MR) is 118 cm³/mol. The zero-order valence-electron chi connectivity index (χ0n) is 16.7. The van der Waals surface area contributed by atoms with Crippen LogP contribution < -0.4 is 4.74 Å². The molecule has 1 unspecified atom stereocenters. The van der Waals surface area contributed by atoms with E-state index >= 15 is 0 Å². The Morgan fingerprint density at radius 1 is 1.45 bits per heavy atom. The quantitative estimate of drug-likeness (QED) is 0.595. The molecule has 1 aliphatic rings. The van der Waals surface area contributed by atoms with E-state index < -0.39 is 0 Å². The molecule has 0 radical (unpaired) electrons. The summed E-state index contributed by atoms with van der Waals surface area (Å²) in [6, 6.07) is 9.67. The van der Waals surface area contributed by atoms with Crippen LogP contribution in [0.5, 0.6) is 5.88 Å². The standard InChI is InChI=1S/C22H25ClN4O2/c1-15(12-26-22(24-2)27-8-7-19(28)14-27)9-16-10-20(21(29-3)25-13-16)17-5-4-6-18(23)11-17/h4-6,10-13,19,28H,2,7-9,14H2,1,3H3/b15-12+,26-22?. The van der Waals surface area contributed by atoms with Crippen LogP contribution in [-0.2, 0) is 6.42 Å². The van der Waals surface area contributed by atoms with Crippen molar-refractivity contribution in [2.45, 2.75) is 25.9 Å². The highest BCUT2D eigenvalue weighted by Crippen LogP contribution is 2.31. The molecule has 1 atom stereocenters. The van der Waals surface area contributed by atoms with Gasteiger partial charge in [0, 0.05) is 36.1 Å². The molecule has 0 bridgehead atoms. The summed E-state index contributed by atoms with van der Waals surface area (Å²) < 4.78 is 5.42. The van der Waals surface area contributed by atoms with Gasteiger partial charge in [-0.15, -0.1) is 0 Å². The maximum absolute atomic E-state index is 9.70. The zero-order chi connectivity index (χ0) is 20.8. The van der Waals surface area contributed by atoms with Crippen LogP contribution in [0.25, 0.3) is 11.1 Å². The van der Waals surface area contributed by atoms with E-state index in [0.29, 0.717) is 29.8 Å². The summed E-state index contributed by atoms with van der Waals surface area (Å²) in [6.07, 6.45) is 4.67. The molecule has 1 N–H and O–H groups in total. The van der Waals surface area contributed by atoms with Gasteiger partial charge in [-0.3, -0.25) is 0 Å². The summed E-state index contributed by atoms with van der Waals surface area (Å²) in [4.78, 5) is 14.8. The first-order chi connectivity index (χ1) is 14.0. The highest BCUT2D eigenvalue weighted by molar-refractivity contribution is 6.30. The molecule has 0 spiro atoms. The second-order valence-corrected chi connectivity index (χ2v) is 7.48. The van der Waals surface area contributed by atoms with Crippen molar-refractivity contribution in [1.82, 2.24) is 9.88 Å². The van der Waals surface area contributed by atoms with Crippen molar-refractivity contribution in [3.8, 4) is 17.0 Å². The Labute approximate surface area is 176 Å². The van der Waals surface area contributed by atoms with Gasteiger partial charge in [0.1, 0.15) is 0 Å². The number of allylic oxidation sites excluding steroid dienone is 1. The van der Waals surface area contributed by atoms with E-state index in [9.17, 15) is 5.11 Å². The lowest BCUT2D eigenvalue weighted by Crippen LogP contribution is -2.27. The van der Waals surface area contributed by atoms with Gasteiger partial charge in [-0.05, 0) is 55.8 Å². The molecule has 6 nitrogen and oxygen atoms in total. The van der Waals surface area contributed by atoms with Gasteiger partial charge in [0.05, 0.1) is 13.2 Å². The monoisotopic (exact) mass is 412 g/mol. The van der Waals surface area contributed by atoms with Crippen LogP contribution in [0.2, 0.25) is 5.02 Å². The van der Waals surface area contributed by atoms with Crippen LogP contribution >= 0.6 is 11.6 Å². The van der Waals surface area contributed by atoms with E-state index in [2.05, 4.69) is 27.8 Å². The molecule has 7 heteroatoms. The molecule has 1 fully saturated rings. The fraction of sp³-hybridized carbons (Fsp3) is 0.318. The smallest absolute Gasteiger partial charge is 0.224 e. The maximum Gasteiger partial charge on any atom is 0.224 e. The second-order valence-electron chi connectivity index (χ2n) is 7.04. The van der Waals surface area contributed by atoms with E-state index in [1.807, 2.05) is 36.1 Å². The number of aliphatic imine (C=N–C) groups is 2. The van der Waals surface area contributed by atoms with Gasteiger partial charge in [-0.25, -0.2) is 15.0 Å². The van der Waals surface area contributed by atoms with Gasteiger partial charge >= 0.3 is 0 Å². The predicted octanol–water partition coefficient (Wildman–Crippen LogP) is 3.98. The van der Waals surface area contributed by atoms with E-state index in [4.69, 9.17) is 16.3 Å².